The zero-order valence-electron chi connectivity index (χ0n) is 14.0. The molecule has 7 heteroatoms. The molecule has 2 heterocycles. The van der Waals surface area contributed by atoms with Crippen LogP contribution in [0.4, 0.5) is 4.39 Å². The fourth-order valence-electron chi connectivity index (χ4n) is 3.10. The van der Waals surface area contributed by atoms with Gasteiger partial charge in [0.25, 0.3) is 5.91 Å². The van der Waals surface area contributed by atoms with E-state index >= 15 is 0 Å². The Bertz CT molecular complexity index is 737. The molecule has 1 aliphatic rings. The minimum atomic E-state index is -0.299. The van der Waals surface area contributed by atoms with Crippen LogP contribution in [-0.4, -0.2) is 43.1 Å². The van der Waals surface area contributed by atoms with Crippen LogP contribution in [0.1, 0.15) is 29.1 Å². The molecule has 0 saturated carbocycles. The molecule has 24 heavy (non-hydrogen) atoms. The highest BCUT2D eigenvalue weighted by molar-refractivity contribution is 7.21. The van der Waals surface area contributed by atoms with Crippen molar-refractivity contribution in [3.05, 3.63) is 34.5 Å². The molecular formula is C17H22ClFN2O2S. The van der Waals surface area contributed by atoms with Gasteiger partial charge in [-0.15, -0.1) is 23.7 Å². The Kier molecular flexibility index (Phi) is 6.20. The first-order valence-electron chi connectivity index (χ1n) is 7.77. The molecule has 1 aromatic carbocycles. The third kappa shape index (κ3) is 3.28. The third-order valence-electron chi connectivity index (χ3n) is 4.54. The lowest BCUT2D eigenvalue weighted by molar-refractivity contribution is 0.0604. The molecule has 132 valence electrons. The molecular weight excluding hydrogens is 351 g/mol. The van der Waals surface area contributed by atoms with Crippen molar-refractivity contribution in [3.8, 4) is 0 Å². The molecule has 1 fully saturated rings. The maximum absolute atomic E-state index is 14.2. The summed E-state index contributed by atoms with van der Waals surface area (Å²) in [7, 11) is 1.56. The van der Waals surface area contributed by atoms with Crippen LogP contribution in [-0.2, 0) is 11.3 Å². The van der Waals surface area contributed by atoms with Crippen LogP contribution < -0.4 is 5.32 Å². The summed E-state index contributed by atoms with van der Waals surface area (Å²) in [5.41, 5.74) is 0.661. The van der Waals surface area contributed by atoms with Gasteiger partial charge in [-0.1, -0.05) is 6.07 Å². The summed E-state index contributed by atoms with van der Waals surface area (Å²) in [5.74, 6) is -0.329. The zero-order valence-corrected chi connectivity index (χ0v) is 15.6. The third-order valence-corrected chi connectivity index (χ3v) is 5.73. The summed E-state index contributed by atoms with van der Waals surface area (Å²) in [6.07, 6.45) is 0. The van der Waals surface area contributed by atoms with E-state index in [-0.39, 0.29) is 42.8 Å². The van der Waals surface area contributed by atoms with E-state index in [0.717, 1.165) is 11.2 Å². The minimum absolute atomic E-state index is 0. The van der Waals surface area contributed by atoms with Crippen molar-refractivity contribution in [2.24, 2.45) is 0 Å². The van der Waals surface area contributed by atoms with Gasteiger partial charge in [0.05, 0.1) is 11.5 Å². The van der Waals surface area contributed by atoms with E-state index in [1.807, 2.05) is 17.9 Å². The molecule has 1 aromatic heterocycles. The number of hydrogen-bond acceptors (Lipinski definition) is 4. The SMILES string of the molecule is COCc1c(C(=O)N2CCNC(C)C2C)sc2cccc(F)c12.Cl. The van der Waals surface area contributed by atoms with Crippen LogP contribution in [0, 0.1) is 5.82 Å². The lowest BCUT2D eigenvalue weighted by atomic mass is 10.1. The molecule has 3 rings (SSSR count). The number of ether oxygens (including phenoxy) is 1. The molecule has 2 atom stereocenters. The number of halogens is 2. The molecule has 2 unspecified atom stereocenters. The topological polar surface area (TPSA) is 41.6 Å². The Morgan fingerprint density at radius 1 is 1.46 bits per heavy atom. The number of nitrogens with one attached hydrogen (secondary N) is 1. The Morgan fingerprint density at radius 3 is 2.92 bits per heavy atom. The molecule has 2 aromatic rings. The smallest absolute Gasteiger partial charge is 0.264 e. The standard InChI is InChI=1S/C17H21FN2O2S.ClH/c1-10-11(2)20(8-7-19-10)17(21)16-12(9-22-3)15-13(18)5-4-6-14(15)23-16;/h4-6,10-11,19H,7-9H2,1-3H3;1H. The summed E-state index contributed by atoms with van der Waals surface area (Å²) < 4.78 is 20.3. The minimum Gasteiger partial charge on any atom is -0.380 e. The molecule has 0 bridgehead atoms. The van der Waals surface area contributed by atoms with Crippen LogP contribution in [0.25, 0.3) is 10.1 Å². The Hall–Kier alpha value is -1.21. The summed E-state index contributed by atoms with van der Waals surface area (Å²) in [6, 6.07) is 5.29. The predicted octanol–water partition coefficient (Wildman–Crippen LogP) is 3.43. The number of rotatable bonds is 3. The first kappa shape index (κ1) is 19.1. The van der Waals surface area contributed by atoms with Gasteiger partial charge in [0.15, 0.2) is 0 Å². The number of nitrogens with zero attached hydrogens (tertiary/aromatic N) is 1. The number of methoxy groups -OCH3 is 1. The second-order valence-electron chi connectivity index (χ2n) is 5.94. The number of piperazine rings is 1. The van der Waals surface area contributed by atoms with Crippen molar-refractivity contribution >= 4 is 39.7 Å². The van der Waals surface area contributed by atoms with Crippen LogP contribution >= 0.6 is 23.7 Å². The highest BCUT2D eigenvalue weighted by Gasteiger charge is 2.31. The Morgan fingerprint density at radius 2 is 2.21 bits per heavy atom. The van der Waals surface area contributed by atoms with Gasteiger partial charge in [-0.2, -0.15) is 0 Å². The lowest BCUT2D eigenvalue weighted by Crippen LogP contribution is -2.57. The van der Waals surface area contributed by atoms with Gasteiger partial charge in [0.2, 0.25) is 0 Å². The maximum Gasteiger partial charge on any atom is 0.264 e. The molecule has 1 aliphatic heterocycles. The van der Waals surface area contributed by atoms with E-state index in [4.69, 9.17) is 4.74 Å². The molecule has 1 N–H and O–H groups in total. The van der Waals surface area contributed by atoms with E-state index in [1.165, 1.54) is 17.4 Å². The van der Waals surface area contributed by atoms with E-state index < -0.39 is 0 Å². The van der Waals surface area contributed by atoms with Gasteiger partial charge in [-0.05, 0) is 26.0 Å². The summed E-state index contributed by atoms with van der Waals surface area (Å²) in [6.45, 7) is 5.78. The van der Waals surface area contributed by atoms with Gasteiger partial charge < -0.3 is 15.0 Å². The monoisotopic (exact) mass is 372 g/mol. The molecule has 0 radical (unpaired) electrons. The number of carbonyl (C=O) groups is 1. The van der Waals surface area contributed by atoms with Gasteiger partial charge in [0, 0.05) is 47.9 Å². The fourth-order valence-corrected chi connectivity index (χ4v) is 4.27. The lowest BCUT2D eigenvalue weighted by Gasteiger charge is -2.38. The van der Waals surface area contributed by atoms with Crippen LogP contribution in [0.5, 0.6) is 0 Å². The number of benzene rings is 1. The number of amides is 1. The predicted molar refractivity (Wildman–Crippen MR) is 97.7 cm³/mol. The van der Waals surface area contributed by atoms with Crippen LogP contribution in [0.2, 0.25) is 0 Å². The van der Waals surface area contributed by atoms with Crippen molar-refractivity contribution in [1.29, 1.82) is 0 Å². The summed E-state index contributed by atoms with van der Waals surface area (Å²) in [4.78, 5) is 15.5. The Labute approximate surface area is 151 Å². The quantitative estimate of drug-likeness (QED) is 0.897. The van der Waals surface area contributed by atoms with Crippen LogP contribution in [0.15, 0.2) is 18.2 Å². The average molecular weight is 373 g/mol. The van der Waals surface area contributed by atoms with Crippen molar-refractivity contribution in [3.63, 3.8) is 0 Å². The highest BCUT2D eigenvalue weighted by atomic mass is 35.5. The number of thiophene rings is 1. The number of carbonyl (C=O) groups excluding carboxylic acids is 1. The fraction of sp³-hybridized carbons (Fsp3) is 0.471. The highest BCUT2D eigenvalue weighted by Crippen LogP contribution is 2.35. The van der Waals surface area contributed by atoms with Gasteiger partial charge in [-0.3, -0.25) is 4.79 Å². The number of fused-ring (bicyclic) bond motifs is 1. The average Bonchev–Trinajstić information content (AvgIpc) is 2.90. The normalized spacial score (nSPS) is 20.9. The summed E-state index contributed by atoms with van der Waals surface area (Å²) in [5, 5.41) is 3.88. The first-order chi connectivity index (χ1) is 11.0. The first-order valence-corrected chi connectivity index (χ1v) is 8.59. The van der Waals surface area contributed by atoms with E-state index in [9.17, 15) is 9.18 Å². The van der Waals surface area contributed by atoms with Crippen LogP contribution in [0.3, 0.4) is 0 Å². The number of hydrogen-bond donors (Lipinski definition) is 1. The molecule has 0 spiro atoms. The van der Waals surface area contributed by atoms with Gasteiger partial charge >= 0.3 is 0 Å². The molecule has 0 aliphatic carbocycles. The van der Waals surface area contributed by atoms with E-state index in [1.54, 1.807) is 13.2 Å². The van der Waals surface area contributed by atoms with Crippen molar-refractivity contribution in [2.45, 2.75) is 32.5 Å². The van der Waals surface area contributed by atoms with Crippen molar-refractivity contribution in [2.75, 3.05) is 20.2 Å². The maximum atomic E-state index is 14.2. The van der Waals surface area contributed by atoms with Gasteiger partial charge in [-0.25, -0.2) is 4.39 Å². The Balaban J connectivity index is 0.00000208. The summed E-state index contributed by atoms with van der Waals surface area (Å²) >= 11 is 1.35. The zero-order chi connectivity index (χ0) is 16.6. The van der Waals surface area contributed by atoms with Crippen molar-refractivity contribution < 1.29 is 13.9 Å². The van der Waals surface area contributed by atoms with E-state index in [2.05, 4.69) is 12.2 Å². The second kappa shape index (κ2) is 7.78. The van der Waals surface area contributed by atoms with Gasteiger partial charge in [0.1, 0.15) is 5.82 Å². The molecule has 1 amide bonds. The van der Waals surface area contributed by atoms with Crippen molar-refractivity contribution in [1.82, 2.24) is 10.2 Å². The second-order valence-corrected chi connectivity index (χ2v) is 6.99. The van der Waals surface area contributed by atoms with E-state index in [0.29, 0.717) is 22.4 Å². The molecule has 4 nitrogen and oxygen atoms in total. The largest absolute Gasteiger partial charge is 0.380 e. The molecule has 1 saturated heterocycles.